The maximum Gasteiger partial charge on any atom is 0.220 e. The Morgan fingerprint density at radius 3 is 2.52 bits per heavy atom. The number of hydrogen-bond acceptors (Lipinski definition) is 3. The molecule has 0 bridgehead atoms. The Hall–Kier alpha value is -1.39. The van der Waals surface area contributed by atoms with Crippen molar-refractivity contribution in [3.8, 4) is 0 Å². The zero-order valence-electron chi connectivity index (χ0n) is 14.6. The molecule has 4 nitrogen and oxygen atoms in total. The number of hydrogen-bond donors (Lipinski definition) is 2. The average molecular weight is 317 g/mol. The number of benzene rings is 1. The minimum atomic E-state index is 0.0884. The van der Waals surface area contributed by atoms with Crippen molar-refractivity contribution >= 4 is 5.91 Å². The maximum atomic E-state index is 11.8. The molecule has 3 N–H and O–H groups in total. The number of rotatable bonds is 7. The molecule has 4 heteroatoms. The Bertz CT molecular complexity index is 493. The second-order valence-electron chi connectivity index (χ2n) is 7.08. The summed E-state index contributed by atoms with van der Waals surface area (Å²) in [6.45, 7) is 9.17. The van der Waals surface area contributed by atoms with E-state index in [-0.39, 0.29) is 5.91 Å². The summed E-state index contributed by atoms with van der Waals surface area (Å²) >= 11 is 0. The van der Waals surface area contributed by atoms with Gasteiger partial charge in [0.15, 0.2) is 0 Å². The van der Waals surface area contributed by atoms with E-state index in [1.165, 1.54) is 30.6 Å². The maximum absolute atomic E-state index is 11.8. The third kappa shape index (κ3) is 5.96. The number of amides is 1. The van der Waals surface area contributed by atoms with Gasteiger partial charge in [0.1, 0.15) is 0 Å². The van der Waals surface area contributed by atoms with Gasteiger partial charge in [0.25, 0.3) is 0 Å². The van der Waals surface area contributed by atoms with Crippen LogP contribution in [0.1, 0.15) is 44.2 Å². The Labute approximate surface area is 140 Å². The molecule has 2 unspecified atom stereocenters. The monoisotopic (exact) mass is 317 g/mol. The van der Waals surface area contributed by atoms with Gasteiger partial charge >= 0.3 is 0 Å². The molecule has 2 rings (SSSR count). The van der Waals surface area contributed by atoms with Crippen LogP contribution >= 0.6 is 0 Å². The van der Waals surface area contributed by atoms with Crippen molar-refractivity contribution < 1.29 is 4.79 Å². The third-order valence-electron chi connectivity index (χ3n) is 4.54. The standard InChI is InChI=1S/C19H31N3O/c1-15-10-16(2)13-22(12-15)14-18-7-4-3-6-17(18)11-21-19(23)8-5-9-20/h3-4,6-7,15-16H,5,8-14,20H2,1-2H3,(H,21,23). The van der Waals surface area contributed by atoms with Gasteiger partial charge in [-0.15, -0.1) is 0 Å². The van der Waals surface area contributed by atoms with Crippen LogP contribution in [0.5, 0.6) is 0 Å². The minimum Gasteiger partial charge on any atom is -0.352 e. The predicted molar refractivity (Wildman–Crippen MR) is 94.8 cm³/mol. The average Bonchev–Trinajstić information content (AvgIpc) is 2.51. The van der Waals surface area contributed by atoms with Crippen LogP contribution in [-0.4, -0.2) is 30.4 Å². The van der Waals surface area contributed by atoms with Crippen LogP contribution in [0, 0.1) is 11.8 Å². The molecule has 128 valence electrons. The Balaban J connectivity index is 1.93. The van der Waals surface area contributed by atoms with E-state index >= 15 is 0 Å². The van der Waals surface area contributed by atoms with Crippen molar-refractivity contribution in [3.05, 3.63) is 35.4 Å². The molecule has 1 fully saturated rings. The molecule has 1 aliphatic heterocycles. The lowest BCUT2D eigenvalue weighted by Crippen LogP contribution is -2.38. The molecule has 0 aromatic heterocycles. The topological polar surface area (TPSA) is 58.4 Å². The van der Waals surface area contributed by atoms with Gasteiger partial charge in [-0.3, -0.25) is 9.69 Å². The minimum absolute atomic E-state index is 0.0884. The van der Waals surface area contributed by atoms with Crippen LogP contribution in [0.3, 0.4) is 0 Å². The van der Waals surface area contributed by atoms with E-state index in [9.17, 15) is 4.79 Å². The lowest BCUT2D eigenvalue weighted by molar-refractivity contribution is -0.121. The number of carbonyl (C=O) groups is 1. The van der Waals surface area contributed by atoms with Crippen LogP contribution in [0.25, 0.3) is 0 Å². The van der Waals surface area contributed by atoms with E-state index in [0.717, 1.165) is 24.8 Å². The van der Waals surface area contributed by atoms with Crippen LogP contribution in [-0.2, 0) is 17.9 Å². The fraction of sp³-hybridized carbons (Fsp3) is 0.632. The molecule has 1 heterocycles. The zero-order chi connectivity index (χ0) is 16.7. The highest BCUT2D eigenvalue weighted by molar-refractivity contribution is 5.75. The highest BCUT2D eigenvalue weighted by atomic mass is 16.1. The van der Waals surface area contributed by atoms with Crippen molar-refractivity contribution in [2.75, 3.05) is 19.6 Å². The molecule has 2 atom stereocenters. The Kier molecular flexibility index (Phi) is 7.06. The second kappa shape index (κ2) is 9.04. The number of nitrogens with two attached hydrogens (primary N) is 1. The summed E-state index contributed by atoms with van der Waals surface area (Å²) in [6, 6.07) is 8.44. The number of piperidine rings is 1. The van der Waals surface area contributed by atoms with Gasteiger partial charge in [0.05, 0.1) is 0 Å². The van der Waals surface area contributed by atoms with Crippen LogP contribution < -0.4 is 11.1 Å². The van der Waals surface area contributed by atoms with Crippen molar-refractivity contribution in [1.82, 2.24) is 10.2 Å². The molecule has 0 aliphatic carbocycles. The van der Waals surface area contributed by atoms with E-state index in [2.05, 4.69) is 42.3 Å². The van der Waals surface area contributed by atoms with Gasteiger partial charge in [-0.1, -0.05) is 38.1 Å². The molecule has 0 saturated carbocycles. The molecule has 1 saturated heterocycles. The molecular weight excluding hydrogens is 286 g/mol. The summed E-state index contributed by atoms with van der Waals surface area (Å²) in [4.78, 5) is 14.3. The SMILES string of the molecule is CC1CC(C)CN(Cc2ccccc2CNC(=O)CCCN)C1. The summed E-state index contributed by atoms with van der Waals surface area (Å²) in [5.74, 6) is 1.62. The number of carbonyl (C=O) groups excluding carboxylic acids is 1. The van der Waals surface area contributed by atoms with E-state index in [1.54, 1.807) is 0 Å². The van der Waals surface area contributed by atoms with E-state index in [1.807, 2.05) is 6.07 Å². The first kappa shape index (κ1) is 18.0. The molecule has 1 aromatic rings. The molecule has 0 spiro atoms. The van der Waals surface area contributed by atoms with E-state index in [4.69, 9.17) is 5.73 Å². The molecule has 1 amide bonds. The molecule has 1 aliphatic rings. The third-order valence-corrected chi connectivity index (χ3v) is 4.54. The zero-order valence-corrected chi connectivity index (χ0v) is 14.6. The summed E-state index contributed by atoms with van der Waals surface area (Å²) in [5, 5.41) is 3.02. The fourth-order valence-electron chi connectivity index (χ4n) is 3.59. The summed E-state index contributed by atoms with van der Waals surface area (Å²) < 4.78 is 0. The van der Waals surface area contributed by atoms with E-state index in [0.29, 0.717) is 19.5 Å². The first-order chi connectivity index (χ1) is 11.1. The quantitative estimate of drug-likeness (QED) is 0.812. The van der Waals surface area contributed by atoms with Gasteiger partial charge < -0.3 is 11.1 Å². The van der Waals surface area contributed by atoms with Gasteiger partial charge in [-0.2, -0.15) is 0 Å². The van der Waals surface area contributed by atoms with Gasteiger partial charge in [0, 0.05) is 32.6 Å². The van der Waals surface area contributed by atoms with E-state index < -0.39 is 0 Å². The highest BCUT2D eigenvalue weighted by Crippen LogP contribution is 2.23. The normalized spacial score (nSPS) is 22.0. The number of nitrogens with zero attached hydrogens (tertiary/aromatic N) is 1. The summed E-state index contributed by atoms with van der Waals surface area (Å²) in [5.41, 5.74) is 8.00. The predicted octanol–water partition coefficient (Wildman–Crippen LogP) is 2.52. The second-order valence-corrected chi connectivity index (χ2v) is 7.08. The van der Waals surface area contributed by atoms with Gasteiger partial charge in [-0.05, 0) is 42.3 Å². The summed E-state index contributed by atoms with van der Waals surface area (Å²) in [6.07, 6.45) is 2.59. The van der Waals surface area contributed by atoms with Gasteiger partial charge in [-0.25, -0.2) is 0 Å². The Morgan fingerprint density at radius 2 is 1.87 bits per heavy atom. The molecular formula is C19H31N3O. The molecule has 23 heavy (non-hydrogen) atoms. The smallest absolute Gasteiger partial charge is 0.220 e. The van der Waals surface area contributed by atoms with Crippen molar-refractivity contribution in [3.63, 3.8) is 0 Å². The lowest BCUT2D eigenvalue weighted by atomic mass is 9.91. The molecule has 0 radical (unpaired) electrons. The first-order valence-corrected chi connectivity index (χ1v) is 8.84. The van der Waals surface area contributed by atoms with Crippen molar-refractivity contribution in [2.45, 2.75) is 46.2 Å². The number of likely N-dealkylation sites (tertiary alicyclic amines) is 1. The fourth-order valence-corrected chi connectivity index (χ4v) is 3.59. The summed E-state index contributed by atoms with van der Waals surface area (Å²) in [7, 11) is 0. The van der Waals surface area contributed by atoms with Crippen LogP contribution in [0.2, 0.25) is 0 Å². The van der Waals surface area contributed by atoms with Crippen LogP contribution in [0.4, 0.5) is 0 Å². The molecule has 1 aromatic carbocycles. The van der Waals surface area contributed by atoms with Gasteiger partial charge in [0.2, 0.25) is 5.91 Å². The van der Waals surface area contributed by atoms with Crippen molar-refractivity contribution in [2.24, 2.45) is 17.6 Å². The van der Waals surface area contributed by atoms with Crippen LogP contribution in [0.15, 0.2) is 24.3 Å². The Morgan fingerprint density at radius 1 is 1.22 bits per heavy atom. The highest BCUT2D eigenvalue weighted by Gasteiger charge is 2.22. The first-order valence-electron chi connectivity index (χ1n) is 8.84. The lowest BCUT2D eigenvalue weighted by Gasteiger charge is -2.35. The van der Waals surface area contributed by atoms with Crippen molar-refractivity contribution in [1.29, 1.82) is 0 Å². The number of nitrogens with one attached hydrogen (secondary N) is 1. The largest absolute Gasteiger partial charge is 0.352 e.